The van der Waals surface area contributed by atoms with E-state index in [9.17, 15) is 24.0 Å². The summed E-state index contributed by atoms with van der Waals surface area (Å²) in [5, 5.41) is 22.7. The molecule has 6 N–H and O–H groups in total. The number of nitrogens with zero attached hydrogens (tertiary/aromatic N) is 1. The molecule has 0 radical (unpaired) electrons. The molecule has 180 valence electrons. The number of carboxylic acid groups (broad SMARTS) is 2. The Balaban J connectivity index is 2.07. The number of hydrogen-bond acceptors (Lipinski definition) is 7. The summed E-state index contributed by atoms with van der Waals surface area (Å²) >= 11 is 3.84. The molecule has 1 heterocycles. The quantitative estimate of drug-likeness (QED) is 0.218. The van der Waals surface area contributed by atoms with Gasteiger partial charge < -0.3 is 31.5 Å². The number of likely N-dealkylation sites (tertiary alicyclic amines) is 1. The molecule has 0 aromatic heterocycles. The number of benzene rings is 1. The van der Waals surface area contributed by atoms with Gasteiger partial charge >= 0.3 is 11.9 Å². The smallest absolute Gasteiger partial charge is 0.327 e. The van der Waals surface area contributed by atoms with Crippen LogP contribution in [0.5, 0.6) is 0 Å². The number of carbonyl (C=O) groups excluding carboxylic acids is 3. The van der Waals surface area contributed by atoms with Crippen LogP contribution < -0.4 is 16.4 Å². The second-order valence-electron chi connectivity index (χ2n) is 7.73. The molecular formula is C21H28N4O7S. The average Bonchev–Trinajstić information content (AvgIpc) is 3.26. The van der Waals surface area contributed by atoms with Crippen LogP contribution in [-0.2, 0) is 30.4 Å². The molecule has 1 fully saturated rings. The van der Waals surface area contributed by atoms with Crippen molar-refractivity contribution >= 4 is 42.3 Å². The summed E-state index contributed by atoms with van der Waals surface area (Å²) in [4.78, 5) is 61.9. The Morgan fingerprint density at radius 1 is 1.09 bits per heavy atom. The molecule has 2 rings (SSSR count). The maximum absolute atomic E-state index is 12.9. The van der Waals surface area contributed by atoms with Gasteiger partial charge in [-0.3, -0.25) is 19.2 Å². The van der Waals surface area contributed by atoms with E-state index in [-0.39, 0.29) is 12.2 Å². The number of carbonyl (C=O) groups is 5. The van der Waals surface area contributed by atoms with Gasteiger partial charge in [-0.2, -0.15) is 12.6 Å². The van der Waals surface area contributed by atoms with Crippen molar-refractivity contribution in [1.29, 1.82) is 0 Å². The van der Waals surface area contributed by atoms with Crippen molar-refractivity contribution in [1.82, 2.24) is 15.5 Å². The van der Waals surface area contributed by atoms with E-state index in [0.717, 1.165) is 5.56 Å². The molecule has 3 amide bonds. The first-order chi connectivity index (χ1) is 15.6. The SMILES string of the molecule is NC(Cc1ccccc1)C(=O)N1CCCC1C(=O)NC(CC(=O)O)C(=O)NC(CS)C(=O)O. The van der Waals surface area contributed by atoms with E-state index in [1.165, 1.54) is 4.90 Å². The van der Waals surface area contributed by atoms with E-state index < -0.39 is 60.2 Å². The van der Waals surface area contributed by atoms with Crippen LogP contribution >= 0.6 is 12.6 Å². The summed E-state index contributed by atoms with van der Waals surface area (Å²) < 4.78 is 0. The van der Waals surface area contributed by atoms with E-state index in [4.69, 9.17) is 15.9 Å². The minimum atomic E-state index is -1.52. The standard InChI is InChI=1S/C21H28N4O7S/c22-13(9-12-5-2-1-3-6-12)20(30)25-8-4-7-16(25)19(29)23-14(10-17(26)27)18(28)24-15(11-33)21(31)32/h1-3,5-6,13-16,33H,4,7-11,22H2,(H,23,29)(H,24,28)(H,26,27)(H,31,32). The molecule has 1 aliphatic rings. The lowest BCUT2D eigenvalue weighted by Gasteiger charge is -2.28. The average molecular weight is 481 g/mol. The number of hydrogen-bond donors (Lipinski definition) is 6. The molecule has 4 unspecified atom stereocenters. The number of nitrogens with two attached hydrogens (primary N) is 1. The number of nitrogens with one attached hydrogen (secondary N) is 2. The summed E-state index contributed by atoms with van der Waals surface area (Å²) in [7, 11) is 0. The minimum Gasteiger partial charge on any atom is -0.481 e. The second-order valence-corrected chi connectivity index (χ2v) is 8.09. The first-order valence-electron chi connectivity index (χ1n) is 10.4. The molecule has 1 aliphatic heterocycles. The fourth-order valence-electron chi connectivity index (χ4n) is 3.58. The molecule has 0 saturated carbocycles. The number of carboxylic acids is 2. The van der Waals surface area contributed by atoms with E-state index >= 15 is 0 Å². The van der Waals surface area contributed by atoms with Crippen molar-refractivity contribution < 1.29 is 34.2 Å². The second kappa shape index (κ2) is 12.2. The Hall–Kier alpha value is -3.12. The zero-order valence-electron chi connectivity index (χ0n) is 17.8. The Bertz CT molecular complexity index is 883. The molecule has 11 nitrogen and oxygen atoms in total. The van der Waals surface area contributed by atoms with Gasteiger partial charge in [-0.05, 0) is 24.8 Å². The van der Waals surface area contributed by atoms with Gasteiger partial charge in [-0.25, -0.2) is 4.79 Å². The number of rotatable bonds is 11. The van der Waals surface area contributed by atoms with Crippen LogP contribution in [0.3, 0.4) is 0 Å². The highest BCUT2D eigenvalue weighted by atomic mass is 32.1. The highest BCUT2D eigenvalue weighted by Gasteiger charge is 2.38. The summed E-state index contributed by atoms with van der Waals surface area (Å²) in [6.45, 7) is 0.302. The van der Waals surface area contributed by atoms with Gasteiger partial charge in [0.05, 0.1) is 12.5 Å². The van der Waals surface area contributed by atoms with E-state index in [0.29, 0.717) is 19.4 Å². The molecular weight excluding hydrogens is 452 g/mol. The number of amides is 3. The van der Waals surface area contributed by atoms with Gasteiger partial charge in [-0.1, -0.05) is 30.3 Å². The monoisotopic (exact) mass is 480 g/mol. The van der Waals surface area contributed by atoms with Crippen molar-refractivity contribution in [2.75, 3.05) is 12.3 Å². The molecule has 33 heavy (non-hydrogen) atoms. The predicted octanol–water partition coefficient (Wildman–Crippen LogP) is -0.994. The van der Waals surface area contributed by atoms with Crippen LogP contribution in [0.4, 0.5) is 0 Å². The van der Waals surface area contributed by atoms with Gasteiger partial charge in [0.2, 0.25) is 17.7 Å². The molecule has 0 spiro atoms. The van der Waals surface area contributed by atoms with Crippen molar-refractivity contribution in [3.05, 3.63) is 35.9 Å². The van der Waals surface area contributed by atoms with Crippen LogP contribution in [-0.4, -0.2) is 81.2 Å². The van der Waals surface area contributed by atoms with E-state index in [2.05, 4.69) is 23.3 Å². The van der Waals surface area contributed by atoms with Crippen LogP contribution in [0, 0.1) is 0 Å². The van der Waals surface area contributed by atoms with Crippen molar-refractivity contribution in [2.24, 2.45) is 5.73 Å². The summed E-state index contributed by atoms with van der Waals surface area (Å²) in [5.74, 6) is -5.03. The molecule has 12 heteroatoms. The van der Waals surface area contributed by atoms with Gasteiger partial charge in [0, 0.05) is 12.3 Å². The lowest BCUT2D eigenvalue weighted by Crippen LogP contribution is -2.57. The third kappa shape index (κ3) is 7.46. The molecule has 1 aromatic rings. The summed E-state index contributed by atoms with van der Waals surface area (Å²) in [6.07, 6.45) is 0.392. The first kappa shape index (κ1) is 26.1. The molecule has 0 aliphatic carbocycles. The van der Waals surface area contributed by atoms with Crippen molar-refractivity contribution in [3.63, 3.8) is 0 Å². The van der Waals surface area contributed by atoms with Crippen LogP contribution in [0.2, 0.25) is 0 Å². The van der Waals surface area contributed by atoms with Crippen molar-refractivity contribution in [2.45, 2.75) is 49.9 Å². The molecule has 0 bridgehead atoms. The fourth-order valence-corrected chi connectivity index (χ4v) is 3.83. The van der Waals surface area contributed by atoms with Gasteiger partial charge in [0.15, 0.2) is 0 Å². The Kier molecular flexibility index (Phi) is 9.67. The van der Waals surface area contributed by atoms with E-state index in [1.54, 1.807) is 0 Å². The van der Waals surface area contributed by atoms with E-state index in [1.807, 2.05) is 30.3 Å². The Labute approximate surface area is 196 Å². The number of aliphatic carboxylic acids is 2. The normalized spacial score (nSPS) is 18.1. The maximum Gasteiger partial charge on any atom is 0.327 e. The lowest BCUT2D eigenvalue weighted by molar-refractivity contribution is -0.144. The minimum absolute atomic E-state index is 0.223. The van der Waals surface area contributed by atoms with Crippen LogP contribution in [0.25, 0.3) is 0 Å². The van der Waals surface area contributed by atoms with Gasteiger partial charge in [0.25, 0.3) is 0 Å². The lowest BCUT2D eigenvalue weighted by atomic mass is 10.0. The molecule has 1 aromatic carbocycles. The van der Waals surface area contributed by atoms with Crippen LogP contribution in [0.1, 0.15) is 24.8 Å². The number of thiol groups is 1. The first-order valence-corrected chi connectivity index (χ1v) is 11.0. The third-order valence-corrected chi connectivity index (χ3v) is 5.63. The van der Waals surface area contributed by atoms with Gasteiger partial charge in [0.1, 0.15) is 18.1 Å². The van der Waals surface area contributed by atoms with Gasteiger partial charge in [-0.15, -0.1) is 0 Å². The summed E-state index contributed by atoms with van der Waals surface area (Å²) in [5.41, 5.74) is 6.95. The van der Waals surface area contributed by atoms with Crippen molar-refractivity contribution in [3.8, 4) is 0 Å². The predicted molar refractivity (Wildman–Crippen MR) is 120 cm³/mol. The Morgan fingerprint density at radius 2 is 1.76 bits per heavy atom. The highest BCUT2D eigenvalue weighted by Crippen LogP contribution is 2.19. The zero-order valence-corrected chi connectivity index (χ0v) is 18.7. The largest absolute Gasteiger partial charge is 0.481 e. The molecule has 4 atom stereocenters. The topological polar surface area (TPSA) is 179 Å². The highest BCUT2D eigenvalue weighted by molar-refractivity contribution is 7.80. The maximum atomic E-state index is 12.9. The third-order valence-electron chi connectivity index (χ3n) is 5.26. The van der Waals surface area contributed by atoms with Crippen LogP contribution in [0.15, 0.2) is 30.3 Å². The molecule has 1 saturated heterocycles. The Morgan fingerprint density at radius 3 is 2.33 bits per heavy atom. The zero-order chi connectivity index (χ0) is 24.5. The summed E-state index contributed by atoms with van der Waals surface area (Å²) in [6, 6.07) is 4.52. The fraction of sp³-hybridized carbons (Fsp3) is 0.476.